The molecule has 3 heterocycles. The maximum Gasteiger partial charge on any atom is 0.233 e. The van der Waals surface area contributed by atoms with Crippen LogP contribution in [0, 0.1) is 6.92 Å². The SMILES string of the molecule is Cc1ccccc1C1(C(=O)N2CCC(c3nnc4n3CCNC4)CC2)CC1. The van der Waals surface area contributed by atoms with Gasteiger partial charge in [-0.15, -0.1) is 10.2 Å². The van der Waals surface area contributed by atoms with Crippen molar-refractivity contribution in [3.05, 3.63) is 47.0 Å². The Kier molecular flexibility index (Phi) is 4.04. The van der Waals surface area contributed by atoms with E-state index in [1.807, 2.05) is 0 Å². The molecule has 6 heteroatoms. The molecule has 0 atom stereocenters. The first-order valence-electron chi connectivity index (χ1n) is 10.2. The van der Waals surface area contributed by atoms with Crippen LogP contribution in [0.3, 0.4) is 0 Å². The second kappa shape index (κ2) is 6.44. The predicted molar refractivity (Wildman–Crippen MR) is 102 cm³/mol. The Labute approximate surface area is 160 Å². The van der Waals surface area contributed by atoms with Gasteiger partial charge in [0.05, 0.1) is 12.0 Å². The fourth-order valence-corrected chi connectivity index (χ4v) is 4.89. The Morgan fingerprint density at radius 1 is 1.15 bits per heavy atom. The summed E-state index contributed by atoms with van der Waals surface area (Å²) >= 11 is 0. The summed E-state index contributed by atoms with van der Waals surface area (Å²) in [5, 5.41) is 12.2. The first-order valence-corrected chi connectivity index (χ1v) is 10.2. The molecule has 0 unspecified atom stereocenters. The number of fused-ring (bicyclic) bond motifs is 1. The molecule has 142 valence electrons. The van der Waals surface area contributed by atoms with Crippen LogP contribution in [0.2, 0.25) is 0 Å². The maximum atomic E-state index is 13.3. The molecule has 1 saturated heterocycles. The number of piperidine rings is 1. The van der Waals surface area contributed by atoms with Crippen LogP contribution < -0.4 is 5.32 Å². The molecule has 27 heavy (non-hydrogen) atoms. The molecule has 2 aliphatic heterocycles. The van der Waals surface area contributed by atoms with Gasteiger partial charge < -0.3 is 14.8 Å². The Bertz CT molecular complexity index is 861. The number of carbonyl (C=O) groups is 1. The minimum Gasteiger partial charge on any atom is -0.342 e. The number of likely N-dealkylation sites (tertiary alicyclic amines) is 1. The average molecular weight is 365 g/mol. The van der Waals surface area contributed by atoms with Gasteiger partial charge in [0.25, 0.3) is 0 Å². The smallest absolute Gasteiger partial charge is 0.233 e. The van der Waals surface area contributed by atoms with Crippen LogP contribution in [-0.4, -0.2) is 45.2 Å². The van der Waals surface area contributed by atoms with E-state index in [9.17, 15) is 4.79 Å². The molecule has 6 nitrogen and oxygen atoms in total. The molecular formula is C21H27N5O. The highest BCUT2D eigenvalue weighted by Crippen LogP contribution is 2.51. The second-order valence-electron chi connectivity index (χ2n) is 8.27. The number of benzene rings is 1. The lowest BCUT2D eigenvalue weighted by Gasteiger charge is -2.35. The molecule has 5 rings (SSSR count). The Balaban J connectivity index is 1.29. The highest BCUT2D eigenvalue weighted by molar-refractivity contribution is 5.91. The highest BCUT2D eigenvalue weighted by atomic mass is 16.2. The summed E-state index contributed by atoms with van der Waals surface area (Å²) in [4.78, 5) is 15.4. The van der Waals surface area contributed by atoms with Crippen LogP contribution in [0.25, 0.3) is 0 Å². The number of hydrogen-bond donors (Lipinski definition) is 1. The summed E-state index contributed by atoms with van der Waals surface area (Å²) in [7, 11) is 0. The number of rotatable bonds is 3. The number of amides is 1. The summed E-state index contributed by atoms with van der Waals surface area (Å²) in [6.45, 7) is 6.53. The van der Waals surface area contributed by atoms with Crippen molar-refractivity contribution in [3.8, 4) is 0 Å². The largest absolute Gasteiger partial charge is 0.342 e. The molecule has 1 aromatic heterocycles. The van der Waals surface area contributed by atoms with E-state index >= 15 is 0 Å². The van der Waals surface area contributed by atoms with Gasteiger partial charge in [-0.3, -0.25) is 4.79 Å². The minimum absolute atomic E-state index is 0.252. The maximum absolute atomic E-state index is 13.3. The normalized spacial score (nSPS) is 21.7. The highest BCUT2D eigenvalue weighted by Gasteiger charge is 2.53. The molecule has 0 spiro atoms. The van der Waals surface area contributed by atoms with Gasteiger partial charge in [-0.2, -0.15) is 0 Å². The number of nitrogens with zero attached hydrogens (tertiary/aromatic N) is 4. The Hall–Kier alpha value is -2.21. The molecule has 2 fully saturated rings. The van der Waals surface area contributed by atoms with Gasteiger partial charge in [0.2, 0.25) is 5.91 Å². The van der Waals surface area contributed by atoms with Crippen molar-refractivity contribution in [2.45, 2.75) is 57.0 Å². The fraction of sp³-hybridized carbons (Fsp3) is 0.571. The third-order valence-corrected chi connectivity index (χ3v) is 6.62. The van der Waals surface area contributed by atoms with E-state index in [2.05, 4.69) is 56.2 Å². The van der Waals surface area contributed by atoms with E-state index in [4.69, 9.17) is 0 Å². The van der Waals surface area contributed by atoms with Gasteiger partial charge in [0, 0.05) is 32.1 Å². The number of aryl methyl sites for hydroxylation is 1. The zero-order chi connectivity index (χ0) is 18.4. The molecule has 3 aliphatic rings. The fourth-order valence-electron chi connectivity index (χ4n) is 4.89. The van der Waals surface area contributed by atoms with E-state index in [1.165, 1.54) is 11.1 Å². The first-order chi connectivity index (χ1) is 13.2. The summed E-state index contributed by atoms with van der Waals surface area (Å²) in [6, 6.07) is 8.38. The minimum atomic E-state index is -0.252. The monoisotopic (exact) mass is 365 g/mol. The van der Waals surface area contributed by atoms with Crippen molar-refractivity contribution in [2.75, 3.05) is 19.6 Å². The van der Waals surface area contributed by atoms with Gasteiger partial charge >= 0.3 is 0 Å². The lowest BCUT2D eigenvalue weighted by Crippen LogP contribution is -2.44. The molecule has 1 N–H and O–H groups in total. The number of nitrogens with one attached hydrogen (secondary N) is 1. The molecule has 1 aliphatic carbocycles. The van der Waals surface area contributed by atoms with Crippen LogP contribution >= 0.6 is 0 Å². The van der Waals surface area contributed by atoms with Gasteiger partial charge in [-0.25, -0.2) is 0 Å². The lowest BCUT2D eigenvalue weighted by molar-refractivity contribution is -0.135. The van der Waals surface area contributed by atoms with Crippen molar-refractivity contribution in [3.63, 3.8) is 0 Å². The van der Waals surface area contributed by atoms with Crippen LogP contribution in [-0.2, 0) is 23.3 Å². The zero-order valence-corrected chi connectivity index (χ0v) is 15.9. The van der Waals surface area contributed by atoms with Gasteiger partial charge in [-0.1, -0.05) is 24.3 Å². The molecule has 0 bridgehead atoms. The standard InChI is InChI=1S/C21H27N5O/c1-15-4-2-3-5-17(15)21(8-9-21)20(27)25-11-6-16(7-12-25)19-24-23-18-14-22-10-13-26(18)19/h2-5,16,22H,6-14H2,1H3. The lowest BCUT2D eigenvalue weighted by atomic mass is 9.88. The van der Waals surface area contributed by atoms with Crippen LogP contribution in [0.15, 0.2) is 24.3 Å². The topological polar surface area (TPSA) is 63.1 Å². The quantitative estimate of drug-likeness (QED) is 0.905. The first kappa shape index (κ1) is 16.9. The molecular weight excluding hydrogens is 338 g/mol. The van der Waals surface area contributed by atoms with Crippen molar-refractivity contribution < 1.29 is 4.79 Å². The Morgan fingerprint density at radius 2 is 1.93 bits per heavy atom. The molecule has 1 aromatic carbocycles. The third-order valence-electron chi connectivity index (χ3n) is 6.62. The molecule has 0 radical (unpaired) electrons. The number of hydrogen-bond acceptors (Lipinski definition) is 4. The van der Waals surface area contributed by atoms with E-state index in [0.717, 1.165) is 70.1 Å². The van der Waals surface area contributed by atoms with Gasteiger partial charge in [-0.05, 0) is 43.7 Å². The van der Waals surface area contributed by atoms with Gasteiger partial charge in [0.15, 0.2) is 0 Å². The van der Waals surface area contributed by atoms with Crippen molar-refractivity contribution >= 4 is 5.91 Å². The van der Waals surface area contributed by atoms with E-state index in [0.29, 0.717) is 11.8 Å². The Morgan fingerprint density at radius 3 is 2.67 bits per heavy atom. The summed E-state index contributed by atoms with van der Waals surface area (Å²) in [6.07, 6.45) is 3.95. The number of carbonyl (C=O) groups excluding carboxylic acids is 1. The summed E-state index contributed by atoms with van der Waals surface area (Å²) in [5.74, 6) is 2.93. The second-order valence-corrected chi connectivity index (χ2v) is 8.27. The third kappa shape index (κ3) is 2.78. The van der Waals surface area contributed by atoms with Crippen molar-refractivity contribution in [2.24, 2.45) is 0 Å². The molecule has 2 aromatic rings. The van der Waals surface area contributed by atoms with Crippen LogP contribution in [0.5, 0.6) is 0 Å². The van der Waals surface area contributed by atoms with E-state index < -0.39 is 0 Å². The van der Waals surface area contributed by atoms with E-state index in [1.54, 1.807) is 0 Å². The van der Waals surface area contributed by atoms with E-state index in [-0.39, 0.29) is 5.41 Å². The molecule has 1 amide bonds. The van der Waals surface area contributed by atoms with Crippen molar-refractivity contribution in [1.29, 1.82) is 0 Å². The summed E-state index contributed by atoms with van der Waals surface area (Å²) in [5.41, 5.74) is 2.22. The number of aromatic nitrogens is 3. The summed E-state index contributed by atoms with van der Waals surface area (Å²) < 4.78 is 2.29. The van der Waals surface area contributed by atoms with Crippen LogP contribution in [0.4, 0.5) is 0 Å². The van der Waals surface area contributed by atoms with Gasteiger partial charge in [0.1, 0.15) is 11.6 Å². The molecule has 1 saturated carbocycles. The van der Waals surface area contributed by atoms with Crippen molar-refractivity contribution in [1.82, 2.24) is 25.0 Å². The van der Waals surface area contributed by atoms with Crippen LogP contribution in [0.1, 0.15) is 54.4 Å². The average Bonchev–Trinajstić information content (AvgIpc) is 3.40. The zero-order valence-electron chi connectivity index (χ0n) is 15.9. The predicted octanol–water partition coefficient (Wildman–Crippen LogP) is 2.13.